The van der Waals surface area contributed by atoms with Crippen LogP contribution in [0.2, 0.25) is 5.02 Å². The third-order valence-electron chi connectivity index (χ3n) is 2.37. The first-order valence-electron chi connectivity index (χ1n) is 4.91. The molecule has 0 bridgehead atoms. The molecule has 1 aliphatic carbocycles. The molecular formula is C12H13ClS. The van der Waals surface area contributed by atoms with E-state index < -0.39 is 0 Å². The van der Waals surface area contributed by atoms with Crippen LogP contribution in [0, 0.1) is 0 Å². The van der Waals surface area contributed by atoms with Crippen molar-refractivity contribution in [2.24, 2.45) is 0 Å². The lowest BCUT2D eigenvalue weighted by atomic mass is 10.3. The fourth-order valence-corrected chi connectivity index (χ4v) is 2.64. The van der Waals surface area contributed by atoms with Gasteiger partial charge in [0.1, 0.15) is 0 Å². The maximum atomic E-state index is 5.82. The molecule has 0 unspecified atom stereocenters. The van der Waals surface area contributed by atoms with Gasteiger partial charge in [-0.3, -0.25) is 0 Å². The molecule has 0 N–H and O–H groups in total. The third-order valence-corrected chi connectivity index (χ3v) is 3.75. The summed E-state index contributed by atoms with van der Waals surface area (Å²) in [6.07, 6.45) is 6.29. The second kappa shape index (κ2) is 4.90. The van der Waals surface area contributed by atoms with E-state index in [9.17, 15) is 0 Å². The van der Waals surface area contributed by atoms with Gasteiger partial charge < -0.3 is 0 Å². The predicted octanol–water partition coefficient (Wildman–Crippen LogP) is 4.54. The molecule has 1 aromatic rings. The van der Waals surface area contributed by atoms with Crippen molar-refractivity contribution in [3.8, 4) is 0 Å². The average molecular weight is 225 g/mol. The van der Waals surface area contributed by atoms with Crippen LogP contribution in [-0.2, 0) is 0 Å². The minimum absolute atomic E-state index is 0.814. The van der Waals surface area contributed by atoms with Gasteiger partial charge in [0.2, 0.25) is 0 Å². The summed E-state index contributed by atoms with van der Waals surface area (Å²) >= 11 is 7.72. The third kappa shape index (κ3) is 2.79. The Kier molecular flexibility index (Phi) is 3.55. The van der Waals surface area contributed by atoms with E-state index in [1.807, 2.05) is 23.9 Å². The van der Waals surface area contributed by atoms with Gasteiger partial charge in [0.25, 0.3) is 0 Å². The summed E-state index contributed by atoms with van der Waals surface area (Å²) in [6.45, 7) is 0. The van der Waals surface area contributed by atoms with Crippen LogP contribution in [-0.4, -0.2) is 5.75 Å². The van der Waals surface area contributed by atoms with Crippen LogP contribution in [0.4, 0.5) is 0 Å². The lowest BCUT2D eigenvalue weighted by Gasteiger charge is -2.02. The van der Waals surface area contributed by atoms with Gasteiger partial charge in [0, 0.05) is 15.7 Å². The van der Waals surface area contributed by atoms with Gasteiger partial charge in [-0.25, -0.2) is 0 Å². The maximum Gasteiger partial charge on any atom is 0.0406 e. The Bertz CT molecular complexity index is 327. The van der Waals surface area contributed by atoms with Crippen molar-refractivity contribution in [3.05, 3.63) is 40.9 Å². The molecular weight excluding hydrogens is 212 g/mol. The standard InChI is InChI=1S/C12H13ClS/c13-11-5-7-12(8-6-11)14-9-10-3-1-2-4-10/h3,5-8H,1-2,4,9H2. The number of hydrogen-bond acceptors (Lipinski definition) is 1. The van der Waals surface area contributed by atoms with Crippen molar-refractivity contribution in [3.63, 3.8) is 0 Å². The van der Waals surface area contributed by atoms with Gasteiger partial charge in [-0.05, 0) is 43.5 Å². The molecule has 0 heterocycles. The van der Waals surface area contributed by atoms with E-state index in [0.717, 1.165) is 10.8 Å². The Morgan fingerprint density at radius 1 is 1.21 bits per heavy atom. The van der Waals surface area contributed by atoms with E-state index in [1.54, 1.807) is 5.57 Å². The topological polar surface area (TPSA) is 0 Å². The molecule has 0 fully saturated rings. The quantitative estimate of drug-likeness (QED) is 0.537. The zero-order valence-electron chi connectivity index (χ0n) is 8.00. The molecule has 0 saturated carbocycles. The van der Waals surface area contributed by atoms with E-state index in [4.69, 9.17) is 11.6 Å². The summed E-state index contributed by atoms with van der Waals surface area (Å²) in [5.41, 5.74) is 1.60. The van der Waals surface area contributed by atoms with Crippen LogP contribution in [0.5, 0.6) is 0 Å². The first kappa shape index (κ1) is 10.1. The van der Waals surface area contributed by atoms with Gasteiger partial charge in [-0.1, -0.05) is 23.3 Å². The van der Waals surface area contributed by atoms with Gasteiger partial charge in [0.05, 0.1) is 0 Å². The molecule has 2 heteroatoms. The Hall–Kier alpha value is -0.400. The van der Waals surface area contributed by atoms with Gasteiger partial charge in [0.15, 0.2) is 0 Å². The van der Waals surface area contributed by atoms with E-state index >= 15 is 0 Å². The normalized spacial score (nSPS) is 15.6. The molecule has 0 aliphatic heterocycles. The first-order chi connectivity index (χ1) is 6.84. The van der Waals surface area contributed by atoms with Crippen LogP contribution in [0.25, 0.3) is 0 Å². The Balaban J connectivity index is 1.88. The first-order valence-corrected chi connectivity index (χ1v) is 6.27. The fourth-order valence-electron chi connectivity index (χ4n) is 1.58. The van der Waals surface area contributed by atoms with Crippen molar-refractivity contribution in [2.75, 3.05) is 5.75 Å². The van der Waals surface area contributed by atoms with Gasteiger partial charge >= 0.3 is 0 Å². The van der Waals surface area contributed by atoms with Crippen LogP contribution in [0.15, 0.2) is 40.8 Å². The molecule has 1 aromatic carbocycles. The van der Waals surface area contributed by atoms with Crippen molar-refractivity contribution >= 4 is 23.4 Å². The maximum absolute atomic E-state index is 5.82. The number of rotatable bonds is 3. The molecule has 1 aliphatic rings. The second-order valence-corrected chi connectivity index (χ2v) is 4.98. The minimum atomic E-state index is 0.814. The van der Waals surface area contributed by atoms with Gasteiger partial charge in [-0.15, -0.1) is 11.8 Å². The SMILES string of the molecule is Clc1ccc(SCC2=CCCC2)cc1. The Labute approximate surface area is 94.4 Å². The van der Waals surface area contributed by atoms with Crippen LogP contribution in [0.1, 0.15) is 19.3 Å². The lowest BCUT2D eigenvalue weighted by molar-refractivity contribution is 0.908. The van der Waals surface area contributed by atoms with E-state index in [-0.39, 0.29) is 0 Å². The smallest absolute Gasteiger partial charge is 0.0406 e. The molecule has 0 nitrogen and oxygen atoms in total. The fraction of sp³-hybridized carbons (Fsp3) is 0.333. The van der Waals surface area contributed by atoms with Crippen LogP contribution >= 0.6 is 23.4 Å². The number of benzene rings is 1. The van der Waals surface area contributed by atoms with E-state index in [1.165, 1.54) is 24.2 Å². The molecule has 0 atom stereocenters. The van der Waals surface area contributed by atoms with Crippen molar-refractivity contribution in [1.82, 2.24) is 0 Å². The zero-order valence-corrected chi connectivity index (χ0v) is 9.57. The number of hydrogen-bond donors (Lipinski definition) is 0. The summed E-state index contributed by atoms with van der Waals surface area (Å²) in [6, 6.07) is 8.07. The Morgan fingerprint density at radius 3 is 2.64 bits per heavy atom. The molecule has 14 heavy (non-hydrogen) atoms. The zero-order chi connectivity index (χ0) is 9.80. The molecule has 0 radical (unpaired) electrons. The monoisotopic (exact) mass is 224 g/mol. The van der Waals surface area contributed by atoms with E-state index in [0.29, 0.717) is 0 Å². The Morgan fingerprint density at radius 2 is 2.00 bits per heavy atom. The minimum Gasteiger partial charge on any atom is -0.122 e. The summed E-state index contributed by atoms with van der Waals surface area (Å²) in [5.74, 6) is 1.14. The van der Waals surface area contributed by atoms with Crippen molar-refractivity contribution in [2.45, 2.75) is 24.2 Å². The molecule has 74 valence electrons. The number of thioether (sulfide) groups is 1. The van der Waals surface area contributed by atoms with Crippen molar-refractivity contribution in [1.29, 1.82) is 0 Å². The van der Waals surface area contributed by atoms with E-state index in [2.05, 4.69) is 18.2 Å². The second-order valence-electron chi connectivity index (χ2n) is 3.50. The highest BCUT2D eigenvalue weighted by Gasteiger charge is 2.04. The highest BCUT2D eigenvalue weighted by molar-refractivity contribution is 7.99. The largest absolute Gasteiger partial charge is 0.122 e. The van der Waals surface area contributed by atoms with Gasteiger partial charge in [-0.2, -0.15) is 0 Å². The lowest BCUT2D eigenvalue weighted by Crippen LogP contribution is -1.82. The summed E-state index contributed by atoms with van der Waals surface area (Å²) in [5, 5.41) is 0.814. The molecule has 0 spiro atoms. The molecule has 2 rings (SSSR count). The van der Waals surface area contributed by atoms with Crippen LogP contribution < -0.4 is 0 Å². The van der Waals surface area contributed by atoms with Crippen molar-refractivity contribution < 1.29 is 0 Å². The summed E-state index contributed by atoms with van der Waals surface area (Å²) < 4.78 is 0. The summed E-state index contributed by atoms with van der Waals surface area (Å²) in [4.78, 5) is 1.31. The molecule has 0 amide bonds. The summed E-state index contributed by atoms with van der Waals surface area (Å²) in [7, 11) is 0. The molecule has 0 saturated heterocycles. The highest BCUT2D eigenvalue weighted by atomic mass is 35.5. The average Bonchev–Trinajstić information content (AvgIpc) is 2.70. The number of allylic oxidation sites excluding steroid dienone is 1. The molecule has 0 aromatic heterocycles. The number of halogens is 1. The predicted molar refractivity (Wildman–Crippen MR) is 64.1 cm³/mol. The van der Waals surface area contributed by atoms with Crippen LogP contribution in [0.3, 0.4) is 0 Å². The highest BCUT2D eigenvalue weighted by Crippen LogP contribution is 2.27.